The number of hydrogen-bond acceptors (Lipinski definition) is 6. The third-order valence-electron chi connectivity index (χ3n) is 6.45. The van der Waals surface area contributed by atoms with Gasteiger partial charge in [0, 0.05) is 18.0 Å². The molecule has 7 heteroatoms. The molecule has 0 bridgehead atoms. The van der Waals surface area contributed by atoms with Crippen LogP contribution in [0.5, 0.6) is 5.75 Å². The number of carbonyl (C=O) groups excluding carboxylic acids is 1. The van der Waals surface area contributed by atoms with E-state index in [1.807, 2.05) is 42.5 Å². The van der Waals surface area contributed by atoms with E-state index in [9.17, 15) is 4.79 Å². The number of hydrogen-bond donors (Lipinski definition) is 1. The van der Waals surface area contributed by atoms with Crippen molar-refractivity contribution < 1.29 is 14.1 Å². The summed E-state index contributed by atoms with van der Waals surface area (Å²) in [5.74, 6) is 2.43. The zero-order valence-corrected chi connectivity index (χ0v) is 20.8. The molecule has 1 aliphatic heterocycles. The molecule has 2 aromatic carbocycles. The zero-order chi connectivity index (χ0) is 24.5. The molecule has 1 fully saturated rings. The number of piperidine rings is 1. The second-order valence-corrected chi connectivity index (χ2v) is 9.28. The number of aryl methyl sites for hydroxylation is 2. The molecule has 0 saturated carbocycles. The van der Waals surface area contributed by atoms with Gasteiger partial charge in [0.1, 0.15) is 5.75 Å². The van der Waals surface area contributed by atoms with Gasteiger partial charge in [0.15, 0.2) is 0 Å². The highest BCUT2D eigenvalue weighted by atomic mass is 16.5. The highest BCUT2D eigenvalue weighted by Gasteiger charge is 2.25. The van der Waals surface area contributed by atoms with Gasteiger partial charge < -0.3 is 14.6 Å². The van der Waals surface area contributed by atoms with E-state index in [0.29, 0.717) is 24.8 Å². The minimum atomic E-state index is 0.0669. The lowest BCUT2D eigenvalue weighted by Gasteiger charge is -2.30. The molecule has 3 aromatic rings. The van der Waals surface area contributed by atoms with Gasteiger partial charge in [-0.2, -0.15) is 4.98 Å². The Morgan fingerprint density at radius 2 is 1.91 bits per heavy atom. The second kappa shape index (κ2) is 12.5. The summed E-state index contributed by atoms with van der Waals surface area (Å²) in [6, 6.07) is 16.3. The van der Waals surface area contributed by atoms with E-state index in [1.165, 1.54) is 11.1 Å². The van der Waals surface area contributed by atoms with Crippen LogP contribution < -0.4 is 10.1 Å². The van der Waals surface area contributed by atoms with Gasteiger partial charge >= 0.3 is 0 Å². The molecule has 4 rings (SSSR count). The maximum atomic E-state index is 12.7. The SMILES string of the molecule is CCCOc1ccccc1CCCNC(=O)C1CCN(Cc2nc(-c3ccc(C)cc3)no2)CC1. The Kier molecular flexibility index (Phi) is 8.90. The Bertz CT molecular complexity index is 1070. The number of carbonyl (C=O) groups is 1. The molecule has 0 aliphatic carbocycles. The van der Waals surface area contributed by atoms with E-state index < -0.39 is 0 Å². The molecule has 186 valence electrons. The lowest BCUT2D eigenvalue weighted by Crippen LogP contribution is -2.40. The minimum absolute atomic E-state index is 0.0669. The van der Waals surface area contributed by atoms with Crippen molar-refractivity contribution in [2.45, 2.75) is 52.5 Å². The van der Waals surface area contributed by atoms with Crippen LogP contribution in [0.2, 0.25) is 0 Å². The van der Waals surface area contributed by atoms with Crippen LogP contribution in [0, 0.1) is 12.8 Å². The molecule has 7 nitrogen and oxygen atoms in total. The van der Waals surface area contributed by atoms with Crippen molar-refractivity contribution >= 4 is 5.91 Å². The Hall–Kier alpha value is -3.19. The van der Waals surface area contributed by atoms with Crippen molar-refractivity contribution in [2.75, 3.05) is 26.2 Å². The smallest absolute Gasteiger partial charge is 0.241 e. The predicted molar refractivity (Wildman–Crippen MR) is 136 cm³/mol. The van der Waals surface area contributed by atoms with Gasteiger partial charge in [0.2, 0.25) is 17.6 Å². The Morgan fingerprint density at radius 3 is 2.69 bits per heavy atom. The maximum absolute atomic E-state index is 12.7. The Labute approximate surface area is 207 Å². The molecule has 1 aliphatic rings. The normalized spacial score (nSPS) is 14.7. The summed E-state index contributed by atoms with van der Waals surface area (Å²) in [5, 5.41) is 7.26. The van der Waals surface area contributed by atoms with Crippen LogP contribution in [0.4, 0.5) is 0 Å². The lowest BCUT2D eigenvalue weighted by atomic mass is 9.96. The monoisotopic (exact) mass is 476 g/mol. The molecule has 1 saturated heterocycles. The van der Waals surface area contributed by atoms with Crippen molar-refractivity contribution in [3.05, 3.63) is 65.5 Å². The van der Waals surface area contributed by atoms with Crippen molar-refractivity contribution in [2.24, 2.45) is 5.92 Å². The summed E-state index contributed by atoms with van der Waals surface area (Å²) in [7, 11) is 0. The van der Waals surface area contributed by atoms with Crippen molar-refractivity contribution in [3.8, 4) is 17.1 Å². The quantitative estimate of drug-likeness (QED) is 0.401. The summed E-state index contributed by atoms with van der Waals surface area (Å²) in [5.41, 5.74) is 3.36. The minimum Gasteiger partial charge on any atom is -0.493 e. The first kappa shape index (κ1) is 24.9. The van der Waals surface area contributed by atoms with Crippen LogP contribution >= 0.6 is 0 Å². The van der Waals surface area contributed by atoms with E-state index in [-0.39, 0.29) is 11.8 Å². The first-order valence-corrected chi connectivity index (χ1v) is 12.7. The fraction of sp³-hybridized carbons (Fsp3) is 0.464. The van der Waals surface area contributed by atoms with Crippen LogP contribution in [0.15, 0.2) is 53.1 Å². The number of ether oxygens (including phenoxy) is 1. The van der Waals surface area contributed by atoms with E-state index in [0.717, 1.165) is 63.1 Å². The van der Waals surface area contributed by atoms with Crippen molar-refractivity contribution in [1.82, 2.24) is 20.4 Å². The van der Waals surface area contributed by atoms with E-state index in [4.69, 9.17) is 9.26 Å². The van der Waals surface area contributed by atoms with Crippen molar-refractivity contribution in [3.63, 3.8) is 0 Å². The Balaban J connectivity index is 1.16. The highest BCUT2D eigenvalue weighted by Crippen LogP contribution is 2.22. The average Bonchev–Trinajstić information content (AvgIpc) is 3.35. The van der Waals surface area contributed by atoms with Gasteiger partial charge in [0.05, 0.1) is 13.2 Å². The molecule has 35 heavy (non-hydrogen) atoms. The third-order valence-corrected chi connectivity index (χ3v) is 6.45. The molecule has 0 atom stereocenters. The number of rotatable bonds is 11. The first-order valence-electron chi connectivity index (χ1n) is 12.7. The van der Waals surface area contributed by atoms with Crippen LogP contribution in [0.25, 0.3) is 11.4 Å². The average molecular weight is 477 g/mol. The molecule has 1 aromatic heterocycles. The molecule has 2 heterocycles. The van der Waals surface area contributed by atoms with Crippen LogP contribution in [0.1, 0.15) is 49.6 Å². The van der Waals surface area contributed by atoms with Crippen LogP contribution in [0.3, 0.4) is 0 Å². The zero-order valence-electron chi connectivity index (χ0n) is 20.8. The first-order chi connectivity index (χ1) is 17.1. The standard InChI is InChI=1S/C28H36N4O3/c1-3-19-34-25-9-5-4-7-22(25)8-6-16-29-28(33)24-14-17-32(18-15-24)20-26-30-27(31-35-26)23-12-10-21(2)11-13-23/h4-5,7,9-13,24H,3,6,8,14-20H2,1-2H3,(H,29,33). The molecule has 1 amide bonds. The number of likely N-dealkylation sites (tertiary alicyclic amines) is 1. The van der Waals surface area contributed by atoms with Gasteiger partial charge in [-0.1, -0.05) is 60.1 Å². The summed E-state index contributed by atoms with van der Waals surface area (Å²) in [4.78, 5) is 19.5. The third kappa shape index (κ3) is 7.15. The van der Waals surface area contributed by atoms with Gasteiger partial charge in [0.25, 0.3) is 0 Å². The number of nitrogens with one attached hydrogen (secondary N) is 1. The number of amides is 1. The number of nitrogens with zero attached hydrogens (tertiary/aromatic N) is 3. The summed E-state index contributed by atoms with van der Waals surface area (Å²) < 4.78 is 11.3. The van der Waals surface area contributed by atoms with E-state index in [1.54, 1.807) is 0 Å². The van der Waals surface area contributed by atoms with Gasteiger partial charge in [-0.05, 0) is 63.7 Å². The number of para-hydroxylation sites is 1. The molecule has 0 spiro atoms. The lowest BCUT2D eigenvalue weighted by molar-refractivity contribution is -0.126. The Morgan fingerprint density at radius 1 is 1.14 bits per heavy atom. The van der Waals surface area contributed by atoms with E-state index in [2.05, 4.69) is 40.3 Å². The summed E-state index contributed by atoms with van der Waals surface area (Å²) >= 11 is 0. The molecule has 1 N–H and O–H groups in total. The fourth-order valence-corrected chi connectivity index (χ4v) is 4.38. The van der Waals surface area contributed by atoms with E-state index >= 15 is 0 Å². The predicted octanol–water partition coefficient (Wildman–Crippen LogP) is 4.79. The molecule has 0 radical (unpaired) electrons. The van der Waals surface area contributed by atoms with Crippen LogP contribution in [-0.2, 0) is 17.8 Å². The van der Waals surface area contributed by atoms with Crippen LogP contribution in [-0.4, -0.2) is 47.2 Å². The fourth-order valence-electron chi connectivity index (χ4n) is 4.38. The number of aromatic nitrogens is 2. The van der Waals surface area contributed by atoms with Gasteiger partial charge in [-0.3, -0.25) is 9.69 Å². The van der Waals surface area contributed by atoms with Crippen molar-refractivity contribution in [1.29, 1.82) is 0 Å². The topological polar surface area (TPSA) is 80.5 Å². The highest BCUT2D eigenvalue weighted by molar-refractivity contribution is 5.78. The number of benzene rings is 2. The second-order valence-electron chi connectivity index (χ2n) is 9.28. The molecular formula is C28H36N4O3. The summed E-state index contributed by atoms with van der Waals surface area (Å²) in [6.07, 6.45) is 4.48. The van der Waals surface area contributed by atoms with Gasteiger partial charge in [-0.25, -0.2) is 0 Å². The molecule has 0 unspecified atom stereocenters. The maximum Gasteiger partial charge on any atom is 0.241 e. The molecular weight excluding hydrogens is 440 g/mol. The summed E-state index contributed by atoms with van der Waals surface area (Å²) in [6.45, 7) is 7.89. The van der Waals surface area contributed by atoms with Gasteiger partial charge in [-0.15, -0.1) is 0 Å². The largest absolute Gasteiger partial charge is 0.493 e.